The molecule has 110 valence electrons. The maximum atomic E-state index is 6.27. The second-order valence-corrected chi connectivity index (χ2v) is 6.15. The summed E-state index contributed by atoms with van der Waals surface area (Å²) in [6.45, 7) is 1.43. The lowest BCUT2D eigenvalue weighted by molar-refractivity contribution is 0.134. The fourth-order valence-electron chi connectivity index (χ4n) is 2.71. The second kappa shape index (κ2) is 6.37. The van der Waals surface area contributed by atoms with Crippen molar-refractivity contribution in [3.05, 3.63) is 68.7 Å². The van der Waals surface area contributed by atoms with Crippen molar-refractivity contribution in [2.24, 2.45) is 0 Å². The lowest BCUT2D eigenvalue weighted by Gasteiger charge is -2.18. The fourth-order valence-corrected chi connectivity index (χ4v) is 3.10. The molecule has 2 aromatic carbocycles. The Hall–Kier alpha value is -1.06. The Kier molecular flexibility index (Phi) is 4.51. The number of nitrogens with one attached hydrogen (secondary N) is 1. The maximum absolute atomic E-state index is 6.27. The molecule has 3 rings (SSSR count). The zero-order valence-corrected chi connectivity index (χ0v) is 13.3. The summed E-state index contributed by atoms with van der Waals surface area (Å²) in [6, 6.07) is 12.3. The lowest BCUT2D eigenvalue weighted by atomic mass is 9.96. The molecule has 0 radical (unpaired) electrons. The Morgan fingerprint density at radius 3 is 2.71 bits per heavy atom. The fraction of sp³-hybridized carbons (Fsp3) is 0.294. The van der Waals surface area contributed by atoms with Crippen LogP contribution in [0.15, 0.2) is 36.4 Å². The molecule has 21 heavy (non-hydrogen) atoms. The topological polar surface area (TPSA) is 21.3 Å². The number of halogens is 2. The SMILES string of the molecule is CNC(Cc1cc(Cl)ccc1Cl)c1ccc2c(c1)COC2. The van der Waals surface area contributed by atoms with E-state index in [4.69, 9.17) is 27.9 Å². The molecule has 0 spiro atoms. The normalized spacial score (nSPS) is 15.0. The van der Waals surface area contributed by atoms with Crippen LogP contribution >= 0.6 is 23.2 Å². The first kappa shape index (κ1) is 14.9. The predicted octanol–water partition coefficient (Wildman–Crippen LogP) is 4.53. The van der Waals surface area contributed by atoms with Gasteiger partial charge in [-0.3, -0.25) is 0 Å². The van der Waals surface area contributed by atoms with Crippen LogP contribution in [0.3, 0.4) is 0 Å². The molecule has 0 aromatic heterocycles. The van der Waals surface area contributed by atoms with Crippen LogP contribution in [0, 0.1) is 0 Å². The van der Waals surface area contributed by atoms with Crippen LogP contribution in [0.5, 0.6) is 0 Å². The van der Waals surface area contributed by atoms with Gasteiger partial charge < -0.3 is 10.1 Å². The first-order valence-electron chi connectivity index (χ1n) is 6.98. The zero-order chi connectivity index (χ0) is 14.8. The Morgan fingerprint density at radius 1 is 1.10 bits per heavy atom. The van der Waals surface area contributed by atoms with Crippen LogP contribution in [0.25, 0.3) is 0 Å². The van der Waals surface area contributed by atoms with Gasteiger partial charge in [-0.1, -0.05) is 41.4 Å². The highest BCUT2D eigenvalue weighted by molar-refractivity contribution is 6.33. The second-order valence-electron chi connectivity index (χ2n) is 5.30. The Labute approximate surface area is 135 Å². The Bertz CT molecular complexity index is 657. The minimum atomic E-state index is 0.201. The van der Waals surface area contributed by atoms with Gasteiger partial charge >= 0.3 is 0 Å². The molecule has 0 bridgehead atoms. The van der Waals surface area contributed by atoms with E-state index in [0.29, 0.717) is 11.6 Å². The van der Waals surface area contributed by atoms with Crippen molar-refractivity contribution in [2.75, 3.05) is 7.05 Å². The predicted molar refractivity (Wildman–Crippen MR) is 86.9 cm³/mol. The van der Waals surface area contributed by atoms with Crippen molar-refractivity contribution < 1.29 is 4.74 Å². The number of ether oxygens (including phenoxy) is 1. The summed E-state index contributed by atoms with van der Waals surface area (Å²) in [5.74, 6) is 0. The van der Waals surface area contributed by atoms with Crippen molar-refractivity contribution >= 4 is 23.2 Å². The molecule has 0 saturated carbocycles. The molecule has 1 aliphatic rings. The van der Waals surface area contributed by atoms with E-state index in [2.05, 4.69) is 23.5 Å². The highest BCUT2D eigenvalue weighted by Gasteiger charge is 2.17. The molecular formula is C17H17Cl2NO. The average Bonchev–Trinajstić information content (AvgIpc) is 2.95. The minimum Gasteiger partial charge on any atom is -0.372 e. The first-order valence-corrected chi connectivity index (χ1v) is 7.73. The van der Waals surface area contributed by atoms with Gasteiger partial charge in [0, 0.05) is 16.1 Å². The van der Waals surface area contributed by atoms with Crippen molar-refractivity contribution in [3.63, 3.8) is 0 Å². The Morgan fingerprint density at radius 2 is 1.90 bits per heavy atom. The lowest BCUT2D eigenvalue weighted by Crippen LogP contribution is -2.19. The number of fused-ring (bicyclic) bond motifs is 1. The maximum Gasteiger partial charge on any atom is 0.0725 e. The molecular weight excluding hydrogens is 305 g/mol. The summed E-state index contributed by atoms with van der Waals surface area (Å²) in [5.41, 5.74) is 4.87. The van der Waals surface area contributed by atoms with E-state index >= 15 is 0 Å². The highest BCUT2D eigenvalue weighted by Crippen LogP contribution is 2.28. The van der Waals surface area contributed by atoms with Gasteiger partial charge in [0.05, 0.1) is 13.2 Å². The molecule has 0 amide bonds. The van der Waals surface area contributed by atoms with Gasteiger partial charge in [-0.05, 0) is 53.9 Å². The molecule has 0 fully saturated rings. The molecule has 1 atom stereocenters. The quantitative estimate of drug-likeness (QED) is 0.893. The van der Waals surface area contributed by atoms with Crippen LogP contribution in [0.4, 0.5) is 0 Å². The van der Waals surface area contributed by atoms with Gasteiger partial charge in [0.15, 0.2) is 0 Å². The summed E-state index contributed by atoms with van der Waals surface area (Å²) in [5, 5.41) is 4.83. The van der Waals surface area contributed by atoms with E-state index < -0.39 is 0 Å². The van der Waals surface area contributed by atoms with Gasteiger partial charge in [0.25, 0.3) is 0 Å². The van der Waals surface area contributed by atoms with Crippen LogP contribution in [0.1, 0.15) is 28.3 Å². The molecule has 4 heteroatoms. The number of likely N-dealkylation sites (N-methyl/N-ethyl adjacent to an activating group) is 1. The molecule has 0 saturated heterocycles. The molecule has 0 aliphatic carbocycles. The van der Waals surface area contributed by atoms with E-state index in [9.17, 15) is 0 Å². The van der Waals surface area contributed by atoms with Gasteiger partial charge in [-0.15, -0.1) is 0 Å². The van der Waals surface area contributed by atoms with Gasteiger partial charge in [0.2, 0.25) is 0 Å². The number of hydrogen-bond acceptors (Lipinski definition) is 2. The van der Waals surface area contributed by atoms with E-state index in [-0.39, 0.29) is 6.04 Å². The largest absolute Gasteiger partial charge is 0.372 e. The van der Waals surface area contributed by atoms with Crippen molar-refractivity contribution in [1.29, 1.82) is 0 Å². The van der Waals surface area contributed by atoms with Crippen molar-refractivity contribution in [1.82, 2.24) is 5.32 Å². The average molecular weight is 322 g/mol. The number of benzene rings is 2. The highest BCUT2D eigenvalue weighted by atomic mass is 35.5. The van der Waals surface area contributed by atoms with Crippen LogP contribution in [-0.4, -0.2) is 7.05 Å². The summed E-state index contributed by atoms with van der Waals surface area (Å²) < 4.78 is 5.48. The van der Waals surface area contributed by atoms with Crippen LogP contribution in [-0.2, 0) is 24.4 Å². The van der Waals surface area contributed by atoms with Crippen molar-refractivity contribution in [3.8, 4) is 0 Å². The number of hydrogen-bond donors (Lipinski definition) is 1. The van der Waals surface area contributed by atoms with E-state index in [1.807, 2.05) is 25.2 Å². The number of rotatable bonds is 4. The zero-order valence-electron chi connectivity index (χ0n) is 11.8. The summed E-state index contributed by atoms with van der Waals surface area (Å²) >= 11 is 12.3. The molecule has 1 N–H and O–H groups in total. The van der Waals surface area contributed by atoms with Crippen molar-refractivity contribution in [2.45, 2.75) is 25.7 Å². The third kappa shape index (κ3) is 3.24. The summed E-state index contributed by atoms with van der Waals surface area (Å²) in [4.78, 5) is 0. The standard InChI is InChI=1S/C17H17Cl2NO/c1-20-17(8-13-7-15(18)4-5-16(13)19)11-2-3-12-9-21-10-14(12)6-11/h2-7,17,20H,8-10H2,1H3. The molecule has 2 nitrogen and oxygen atoms in total. The summed E-state index contributed by atoms with van der Waals surface area (Å²) in [6.07, 6.45) is 0.801. The van der Waals surface area contributed by atoms with E-state index in [1.54, 1.807) is 0 Å². The van der Waals surface area contributed by atoms with E-state index in [1.165, 1.54) is 16.7 Å². The monoisotopic (exact) mass is 321 g/mol. The third-order valence-corrected chi connectivity index (χ3v) is 4.53. The molecule has 1 aliphatic heterocycles. The third-order valence-electron chi connectivity index (χ3n) is 3.93. The van der Waals surface area contributed by atoms with Crippen LogP contribution < -0.4 is 5.32 Å². The van der Waals surface area contributed by atoms with E-state index in [0.717, 1.165) is 23.6 Å². The smallest absolute Gasteiger partial charge is 0.0725 e. The van der Waals surface area contributed by atoms with Gasteiger partial charge in [-0.25, -0.2) is 0 Å². The Balaban J connectivity index is 1.86. The summed E-state index contributed by atoms with van der Waals surface area (Å²) in [7, 11) is 1.97. The van der Waals surface area contributed by atoms with Crippen LogP contribution in [0.2, 0.25) is 10.0 Å². The van der Waals surface area contributed by atoms with Gasteiger partial charge in [0.1, 0.15) is 0 Å². The molecule has 2 aromatic rings. The molecule has 1 heterocycles. The van der Waals surface area contributed by atoms with Gasteiger partial charge in [-0.2, -0.15) is 0 Å². The minimum absolute atomic E-state index is 0.201. The first-order chi connectivity index (χ1) is 10.2. The molecule has 1 unspecified atom stereocenters.